The fraction of sp³-hybridized carbons (Fsp3) is 0. The molecule has 0 aliphatic carbocycles. The Morgan fingerprint density at radius 3 is 2.93 bits per heavy atom. The first kappa shape index (κ1) is 9.53. The van der Waals surface area contributed by atoms with Crippen LogP contribution in [0.15, 0.2) is 18.2 Å². The van der Waals surface area contributed by atoms with Gasteiger partial charge in [0.2, 0.25) is 0 Å². The van der Waals surface area contributed by atoms with Crippen LogP contribution in [0, 0.1) is 15.5 Å². The van der Waals surface area contributed by atoms with Gasteiger partial charge in [0, 0.05) is 12.1 Å². The summed E-state index contributed by atoms with van der Waals surface area (Å²) in [4.78, 5) is 14.0. The first-order chi connectivity index (χ1) is 7.08. The third-order valence-corrected chi connectivity index (χ3v) is 2.88. The summed E-state index contributed by atoms with van der Waals surface area (Å²) in [6.45, 7) is 0. The molecule has 3 N–H and O–H groups in total. The molecular weight excluding hydrogens is 216 g/mol. The summed E-state index contributed by atoms with van der Waals surface area (Å²) in [6, 6.07) is 4.39. The number of non-ortho nitro benzene ring substituents is 1. The molecule has 2 aromatic rings. The molecule has 2 rings (SSSR count). The number of thiazole rings is 1. The van der Waals surface area contributed by atoms with Crippen molar-refractivity contribution in [2.75, 3.05) is 0 Å². The Labute approximate surface area is 88.0 Å². The second-order valence-electron chi connectivity index (χ2n) is 2.84. The van der Waals surface area contributed by atoms with Gasteiger partial charge in [-0.05, 0) is 6.07 Å². The van der Waals surface area contributed by atoms with Crippen LogP contribution in [0.1, 0.15) is 5.01 Å². The van der Waals surface area contributed by atoms with E-state index in [1.54, 1.807) is 6.07 Å². The molecule has 0 amide bonds. The van der Waals surface area contributed by atoms with Gasteiger partial charge in [0.25, 0.3) is 5.69 Å². The maximum Gasteiger partial charge on any atom is 0.271 e. The Bertz CT molecular complexity index is 551. The Morgan fingerprint density at radius 1 is 1.60 bits per heavy atom. The highest BCUT2D eigenvalue weighted by Gasteiger charge is 2.10. The third kappa shape index (κ3) is 1.64. The van der Waals surface area contributed by atoms with Crippen molar-refractivity contribution in [1.29, 1.82) is 5.41 Å². The number of nitrogens with one attached hydrogen (secondary N) is 1. The SMILES string of the molecule is N=C(N)c1nc2cc([N+](=O)[O-])ccc2s1. The smallest absolute Gasteiger partial charge is 0.271 e. The Hall–Kier alpha value is -2.02. The van der Waals surface area contributed by atoms with Crippen molar-refractivity contribution >= 4 is 33.1 Å². The van der Waals surface area contributed by atoms with E-state index in [4.69, 9.17) is 11.1 Å². The predicted octanol–water partition coefficient (Wildman–Crippen LogP) is 1.49. The minimum atomic E-state index is -0.480. The highest BCUT2D eigenvalue weighted by atomic mass is 32.1. The van der Waals surface area contributed by atoms with Crippen molar-refractivity contribution < 1.29 is 4.92 Å². The minimum absolute atomic E-state index is 0.0112. The summed E-state index contributed by atoms with van der Waals surface area (Å²) >= 11 is 1.24. The monoisotopic (exact) mass is 222 g/mol. The number of nitrogen functional groups attached to an aromatic ring is 1. The molecule has 0 saturated carbocycles. The van der Waals surface area contributed by atoms with Gasteiger partial charge in [-0.25, -0.2) is 4.98 Å². The molecule has 7 heteroatoms. The number of nitro groups is 1. The molecule has 0 bridgehead atoms. The lowest BCUT2D eigenvalue weighted by Gasteiger charge is -1.89. The molecule has 0 unspecified atom stereocenters. The van der Waals surface area contributed by atoms with E-state index < -0.39 is 4.92 Å². The van der Waals surface area contributed by atoms with Crippen LogP contribution in [0.25, 0.3) is 10.2 Å². The Balaban J connectivity index is 2.62. The van der Waals surface area contributed by atoms with Crippen LogP contribution < -0.4 is 5.73 Å². The average molecular weight is 222 g/mol. The molecule has 1 aromatic carbocycles. The summed E-state index contributed by atoms with van der Waals surface area (Å²) in [6.07, 6.45) is 0. The number of amidine groups is 1. The van der Waals surface area contributed by atoms with Crippen molar-refractivity contribution in [1.82, 2.24) is 4.98 Å². The van der Waals surface area contributed by atoms with Gasteiger partial charge in [0.15, 0.2) is 10.8 Å². The van der Waals surface area contributed by atoms with E-state index in [1.807, 2.05) is 0 Å². The van der Waals surface area contributed by atoms with Crippen molar-refractivity contribution in [3.63, 3.8) is 0 Å². The summed E-state index contributed by atoms with van der Waals surface area (Å²) in [7, 11) is 0. The second-order valence-corrected chi connectivity index (χ2v) is 3.87. The molecule has 0 atom stereocenters. The highest BCUT2D eigenvalue weighted by molar-refractivity contribution is 7.20. The van der Waals surface area contributed by atoms with E-state index >= 15 is 0 Å². The van der Waals surface area contributed by atoms with Gasteiger partial charge in [-0.15, -0.1) is 11.3 Å². The molecule has 0 saturated heterocycles. The van der Waals surface area contributed by atoms with Crippen LogP contribution in [0.5, 0.6) is 0 Å². The van der Waals surface area contributed by atoms with Crippen molar-refractivity contribution in [2.45, 2.75) is 0 Å². The van der Waals surface area contributed by atoms with E-state index in [-0.39, 0.29) is 11.5 Å². The average Bonchev–Trinajstić information content (AvgIpc) is 2.59. The van der Waals surface area contributed by atoms with Crippen molar-refractivity contribution in [2.24, 2.45) is 5.73 Å². The number of hydrogen-bond donors (Lipinski definition) is 2. The van der Waals surface area contributed by atoms with Crippen molar-refractivity contribution in [3.8, 4) is 0 Å². The molecule has 1 heterocycles. The number of hydrogen-bond acceptors (Lipinski definition) is 5. The van der Waals surface area contributed by atoms with Gasteiger partial charge < -0.3 is 5.73 Å². The maximum absolute atomic E-state index is 10.5. The lowest BCUT2D eigenvalue weighted by Crippen LogP contribution is -2.09. The van der Waals surface area contributed by atoms with Gasteiger partial charge in [0.1, 0.15) is 0 Å². The molecule has 76 valence electrons. The fourth-order valence-corrected chi connectivity index (χ4v) is 1.95. The quantitative estimate of drug-likeness (QED) is 0.347. The lowest BCUT2D eigenvalue weighted by atomic mass is 10.3. The van der Waals surface area contributed by atoms with Gasteiger partial charge in [-0.1, -0.05) is 0 Å². The van der Waals surface area contributed by atoms with E-state index in [9.17, 15) is 10.1 Å². The number of nitro benzene ring substituents is 1. The fourth-order valence-electron chi connectivity index (χ4n) is 1.14. The second kappa shape index (κ2) is 3.28. The van der Waals surface area contributed by atoms with Crippen LogP contribution in [0.4, 0.5) is 5.69 Å². The molecule has 15 heavy (non-hydrogen) atoms. The summed E-state index contributed by atoms with van der Waals surface area (Å²) in [5, 5.41) is 18.1. The molecule has 0 fully saturated rings. The molecule has 0 spiro atoms. The van der Waals surface area contributed by atoms with E-state index in [1.165, 1.54) is 23.5 Å². The molecule has 0 aliphatic rings. The first-order valence-corrected chi connectivity index (χ1v) is 4.79. The van der Waals surface area contributed by atoms with Crippen molar-refractivity contribution in [3.05, 3.63) is 33.3 Å². The molecule has 0 aliphatic heterocycles. The molecule has 6 nitrogen and oxygen atoms in total. The number of rotatable bonds is 2. The standard InChI is InChI=1S/C8H6N4O2S/c9-7(10)8-11-5-3-4(12(13)14)1-2-6(5)15-8/h1-3H,(H3,9,10). The first-order valence-electron chi connectivity index (χ1n) is 3.97. The van der Waals surface area contributed by atoms with Crippen LogP contribution in [0.2, 0.25) is 0 Å². The Morgan fingerprint density at radius 2 is 2.33 bits per heavy atom. The highest BCUT2D eigenvalue weighted by Crippen LogP contribution is 2.25. The summed E-state index contributed by atoms with van der Waals surface area (Å²) in [5.41, 5.74) is 5.76. The zero-order chi connectivity index (χ0) is 11.0. The van der Waals surface area contributed by atoms with Gasteiger partial charge in [-0.2, -0.15) is 0 Å². The molecule has 0 radical (unpaired) electrons. The van der Waals surface area contributed by atoms with Crippen LogP contribution >= 0.6 is 11.3 Å². The Kier molecular flexibility index (Phi) is 2.09. The number of nitrogens with zero attached hydrogens (tertiary/aromatic N) is 2. The largest absolute Gasteiger partial charge is 0.382 e. The normalized spacial score (nSPS) is 10.4. The molecule has 1 aromatic heterocycles. The summed E-state index contributed by atoms with van der Waals surface area (Å²) < 4.78 is 0.783. The van der Waals surface area contributed by atoms with E-state index in [0.717, 1.165) is 4.70 Å². The number of benzene rings is 1. The van der Waals surface area contributed by atoms with Crippen LogP contribution in [-0.4, -0.2) is 15.7 Å². The number of nitrogens with two attached hydrogens (primary N) is 1. The zero-order valence-corrected chi connectivity index (χ0v) is 8.25. The minimum Gasteiger partial charge on any atom is -0.382 e. The number of aromatic nitrogens is 1. The van der Waals surface area contributed by atoms with Gasteiger partial charge >= 0.3 is 0 Å². The third-order valence-electron chi connectivity index (χ3n) is 1.81. The van der Waals surface area contributed by atoms with E-state index in [2.05, 4.69) is 4.98 Å². The zero-order valence-electron chi connectivity index (χ0n) is 7.43. The van der Waals surface area contributed by atoms with Gasteiger partial charge in [-0.3, -0.25) is 15.5 Å². The predicted molar refractivity (Wildman–Crippen MR) is 57.3 cm³/mol. The maximum atomic E-state index is 10.5. The summed E-state index contributed by atoms with van der Waals surface area (Å²) in [5.74, 6) is -0.126. The van der Waals surface area contributed by atoms with Crippen LogP contribution in [-0.2, 0) is 0 Å². The van der Waals surface area contributed by atoms with E-state index in [0.29, 0.717) is 10.5 Å². The lowest BCUT2D eigenvalue weighted by molar-refractivity contribution is -0.384. The van der Waals surface area contributed by atoms with Crippen LogP contribution in [0.3, 0.4) is 0 Å². The number of fused-ring (bicyclic) bond motifs is 1. The molecular formula is C8H6N4O2S. The topological polar surface area (TPSA) is 106 Å². The van der Waals surface area contributed by atoms with Gasteiger partial charge in [0.05, 0.1) is 15.1 Å².